The van der Waals surface area contributed by atoms with Gasteiger partial charge in [-0.3, -0.25) is 4.79 Å². The predicted molar refractivity (Wildman–Crippen MR) is 69.6 cm³/mol. The molecule has 1 aromatic rings. The summed E-state index contributed by atoms with van der Waals surface area (Å²) in [4.78, 5) is 12.3. The van der Waals surface area contributed by atoms with Gasteiger partial charge in [-0.25, -0.2) is 0 Å². The molecule has 1 atom stereocenters. The molecule has 0 radical (unpaired) electrons. The Kier molecular flexibility index (Phi) is 7.21. The summed E-state index contributed by atoms with van der Waals surface area (Å²) < 4.78 is 32.2. The van der Waals surface area contributed by atoms with Gasteiger partial charge in [0.15, 0.2) is 12.4 Å². The summed E-state index contributed by atoms with van der Waals surface area (Å²) in [5.74, 6) is 0.715. The summed E-state index contributed by atoms with van der Waals surface area (Å²) in [7, 11) is -4.19. The number of carbonyl (C=O) groups is 1. The molecular weight excluding hydrogens is 298 g/mol. The van der Waals surface area contributed by atoms with Gasteiger partial charge in [-0.2, -0.15) is 4.57 Å². The van der Waals surface area contributed by atoms with Gasteiger partial charge in [0.05, 0.1) is 0 Å². The monoisotopic (exact) mass is 320 g/mol. The molecule has 0 amide bonds. The molecule has 0 aliphatic heterocycles. The molecule has 0 bridgehead atoms. The molecule has 0 spiro atoms. The zero-order valence-corrected chi connectivity index (χ0v) is 12.8. The number of nitrogens with zero attached hydrogens (tertiary/aromatic N) is 1. The molecule has 1 heterocycles. The molecule has 1 unspecified atom stereocenters. The second kappa shape index (κ2) is 8.41. The third kappa shape index (κ3) is 7.50. The summed E-state index contributed by atoms with van der Waals surface area (Å²) in [6, 6.07) is 5.92. The molecule has 0 saturated heterocycles. The Morgan fingerprint density at radius 2 is 1.62 bits per heavy atom. The maximum atomic E-state index is 12.3. The fourth-order valence-electron chi connectivity index (χ4n) is 2.55. The van der Waals surface area contributed by atoms with E-state index >= 15 is 0 Å². The van der Waals surface area contributed by atoms with Crippen molar-refractivity contribution in [2.75, 3.05) is 0 Å². The third-order valence-corrected chi connectivity index (χ3v) is 3.61. The van der Waals surface area contributed by atoms with Crippen LogP contribution >= 0.6 is 0 Å². The summed E-state index contributed by atoms with van der Waals surface area (Å²) >= 11 is 0. The van der Waals surface area contributed by atoms with Crippen molar-refractivity contribution in [2.45, 2.75) is 45.1 Å². The van der Waals surface area contributed by atoms with E-state index in [1.165, 1.54) is 19.3 Å². The number of Topliss-reactive ketones (excluding diaryl/α,β-unsaturated/α-hetero) is 1. The van der Waals surface area contributed by atoms with E-state index in [1.807, 2.05) is 42.1 Å². The zero-order valence-electron chi connectivity index (χ0n) is 12.1. The second-order valence-electron chi connectivity index (χ2n) is 5.17. The fraction of sp³-hybridized carbons (Fsp3) is 0.571. The van der Waals surface area contributed by atoms with Gasteiger partial charge >= 0.3 is 28.9 Å². The van der Waals surface area contributed by atoms with Gasteiger partial charge in [0.1, 0.15) is 0 Å². The Hall–Kier alpha value is -1.05. The average molecular weight is 321 g/mol. The Morgan fingerprint density at radius 3 is 2.10 bits per heavy atom. The molecule has 1 aromatic heterocycles. The number of rotatable bonds is 3. The molecule has 1 aliphatic carbocycles. The van der Waals surface area contributed by atoms with Gasteiger partial charge < -0.3 is 0 Å². The van der Waals surface area contributed by atoms with E-state index in [-0.39, 0.29) is 6.04 Å². The van der Waals surface area contributed by atoms with Gasteiger partial charge in [0, 0.05) is 25.0 Å². The SMILES string of the molecule is CC(C(=O)C1CCCCC1)[n+]1ccccc1.[O-][Cl+](O)(O)O. The van der Waals surface area contributed by atoms with Crippen LogP contribution in [0.1, 0.15) is 45.1 Å². The first-order valence-electron chi connectivity index (χ1n) is 6.94. The minimum atomic E-state index is -4.19. The van der Waals surface area contributed by atoms with Gasteiger partial charge in [-0.1, -0.05) is 25.3 Å². The molecule has 1 aliphatic rings. The predicted octanol–water partition coefficient (Wildman–Crippen LogP) is -0.175. The van der Waals surface area contributed by atoms with Crippen LogP contribution in [0.2, 0.25) is 0 Å². The summed E-state index contributed by atoms with van der Waals surface area (Å²) in [5, 5.41) is 0. The van der Waals surface area contributed by atoms with Crippen LogP contribution in [0.5, 0.6) is 0 Å². The van der Waals surface area contributed by atoms with E-state index in [0.29, 0.717) is 11.7 Å². The molecule has 6 nitrogen and oxygen atoms in total. The average Bonchev–Trinajstić information content (AvgIpc) is 2.46. The van der Waals surface area contributed by atoms with Crippen molar-refractivity contribution < 1.29 is 38.2 Å². The number of hydrogen-bond donors (Lipinski definition) is 3. The Labute approximate surface area is 126 Å². The van der Waals surface area contributed by atoms with Crippen molar-refractivity contribution in [1.82, 2.24) is 0 Å². The van der Waals surface area contributed by atoms with Crippen molar-refractivity contribution >= 4 is 5.78 Å². The topological polar surface area (TPSA) is 105 Å². The minimum absolute atomic E-state index is 0.00991. The first-order valence-corrected chi connectivity index (χ1v) is 8.27. The molecule has 1 fully saturated rings. The van der Waals surface area contributed by atoms with E-state index in [4.69, 9.17) is 18.6 Å². The van der Waals surface area contributed by atoms with Crippen LogP contribution in [0.15, 0.2) is 30.6 Å². The van der Waals surface area contributed by atoms with Crippen LogP contribution < -0.4 is 9.23 Å². The van der Waals surface area contributed by atoms with E-state index in [9.17, 15) is 4.79 Å². The summed E-state index contributed by atoms with van der Waals surface area (Å²) in [6.07, 6.45) is 9.89. The van der Waals surface area contributed by atoms with Crippen molar-refractivity contribution in [3.05, 3.63) is 30.6 Å². The van der Waals surface area contributed by atoms with Gasteiger partial charge in [0.25, 0.3) is 0 Å². The molecule has 7 heteroatoms. The number of carbonyl (C=O) groups excluding carboxylic acids is 1. The van der Waals surface area contributed by atoms with Crippen LogP contribution in [0.25, 0.3) is 0 Å². The van der Waals surface area contributed by atoms with Crippen LogP contribution in [0.4, 0.5) is 0 Å². The van der Waals surface area contributed by atoms with Gasteiger partial charge in [-0.15, -0.1) is 0 Å². The van der Waals surface area contributed by atoms with Gasteiger partial charge in [-0.05, 0) is 12.8 Å². The number of halogens is 1. The molecular formula is C14H23ClNO5+. The Balaban J connectivity index is 0.000000383. The van der Waals surface area contributed by atoms with E-state index < -0.39 is 10.2 Å². The maximum absolute atomic E-state index is 12.3. The van der Waals surface area contributed by atoms with Crippen molar-refractivity contribution in [3.63, 3.8) is 0 Å². The van der Waals surface area contributed by atoms with Crippen molar-refractivity contribution in [1.29, 1.82) is 0 Å². The first kappa shape index (κ1) is 18.0. The van der Waals surface area contributed by atoms with Crippen LogP contribution in [0.3, 0.4) is 0 Å². The molecule has 21 heavy (non-hydrogen) atoms. The van der Waals surface area contributed by atoms with E-state index in [0.717, 1.165) is 12.8 Å². The number of aromatic nitrogens is 1. The van der Waals surface area contributed by atoms with Crippen LogP contribution in [-0.4, -0.2) is 19.8 Å². The zero-order chi connectivity index (χ0) is 15.9. The van der Waals surface area contributed by atoms with Crippen molar-refractivity contribution in [3.8, 4) is 0 Å². The number of ketones is 1. The Bertz CT molecular complexity index is 423. The molecule has 0 aromatic carbocycles. The molecule has 2 rings (SSSR count). The van der Waals surface area contributed by atoms with Crippen molar-refractivity contribution in [2.24, 2.45) is 5.92 Å². The quantitative estimate of drug-likeness (QED) is 0.670. The second-order valence-corrected chi connectivity index (χ2v) is 6.04. The van der Waals surface area contributed by atoms with E-state index in [2.05, 4.69) is 0 Å². The molecule has 120 valence electrons. The van der Waals surface area contributed by atoms with E-state index in [1.54, 1.807) is 0 Å². The fourth-order valence-corrected chi connectivity index (χ4v) is 2.55. The number of hydrogen-bond acceptors (Lipinski definition) is 5. The van der Waals surface area contributed by atoms with Gasteiger partial charge in [0.2, 0.25) is 11.8 Å². The Morgan fingerprint density at radius 1 is 1.14 bits per heavy atom. The summed E-state index contributed by atoms with van der Waals surface area (Å²) in [6.45, 7) is 2.01. The normalized spacial score (nSPS) is 18.3. The molecule has 3 N–H and O–H groups in total. The number of pyridine rings is 1. The standard InChI is InChI=1S/C14H20NO.ClH3O4/c1-12(15-10-6-3-7-11-15)14(16)13-8-4-2-5-9-13;2-1(3,4)5/h3,6-7,10-13H,2,4-5,8-9H2,1H3;2-4H/q+1;. The third-order valence-electron chi connectivity index (χ3n) is 3.61. The molecule has 1 saturated carbocycles. The summed E-state index contributed by atoms with van der Waals surface area (Å²) in [5.41, 5.74) is 0. The van der Waals surface area contributed by atoms with Crippen LogP contribution in [0, 0.1) is 16.2 Å². The van der Waals surface area contributed by atoms with Crippen LogP contribution in [-0.2, 0) is 4.79 Å². The first-order chi connectivity index (χ1) is 9.79.